The molecule has 2 unspecified atom stereocenters. The van der Waals surface area contributed by atoms with Gasteiger partial charge in [0, 0.05) is 6.54 Å². The molecule has 1 saturated heterocycles. The number of nitrogens with zero attached hydrogens (tertiary/aromatic N) is 1. The maximum Gasteiger partial charge on any atom is 0.341 e. The summed E-state index contributed by atoms with van der Waals surface area (Å²) >= 11 is 0. The molecule has 1 aliphatic heterocycles. The molecule has 1 rings (SSSR count). The molecule has 1 fully saturated rings. The number of piperidine rings is 1. The van der Waals surface area contributed by atoms with Gasteiger partial charge < -0.3 is 10.0 Å². The summed E-state index contributed by atoms with van der Waals surface area (Å²) in [5, 5.41) is 8.65. The van der Waals surface area contributed by atoms with Crippen molar-refractivity contribution in [2.75, 3.05) is 20.1 Å². The van der Waals surface area contributed by atoms with Gasteiger partial charge in [0.2, 0.25) is 5.67 Å². The van der Waals surface area contributed by atoms with E-state index in [-0.39, 0.29) is 12.3 Å². The lowest BCUT2D eigenvalue weighted by Gasteiger charge is -2.32. The minimum absolute atomic E-state index is 0.132. The van der Waals surface area contributed by atoms with Crippen molar-refractivity contribution >= 4 is 5.97 Å². The molecule has 0 aliphatic carbocycles. The second-order valence-electron chi connectivity index (χ2n) is 4.48. The van der Waals surface area contributed by atoms with Crippen LogP contribution in [0.15, 0.2) is 0 Å². The summed E-state index contributed by atoms with van der Waals surface area (Å²) < 4.78 is 13.5. The number of aliphatic carboxylic acids is 1. The van der Waals surface area contributed by atoms with E-state index in [1.54, 1.807) is 0 Å². The number of likely N-dealkylation sites (tertiary alicyclic amines) is 1. The maximum absolute atomic E-state index is 13.5. The van der Waals surface area contributed by atoms with Gasteiger partial charge in [0.05, 0.1) is 0 Å². The molecule has 82 valence electrons. The van der Waals surface area contributed by atoms with Gasteiger partial charge in [0.1, 0.15) is 0 Å². The Hall–Kier alpha value is -0.640. The highest BCUT2D eigenvalue weighted by Crippen LogP contribution is 2.27. The van der Waals surface area contributed by atoms with E-state index in [1.165, 1.54) is 0 Å². The van der Waals surface area contributed by atoms with E-state index in [0.29, 0.717) is 0 Å². The predicted octanol–water partition coefficient (Wildman–Crippen LogP) is 1.53. The summed E-state index contributed by atoms with van der Waals surface area (Å²) in [6.45, 7) is 3.00. The van der Waals surface area contributed by atoms with Gasteiger partial charge in [-0.05, 0) is 45.7 Å². The Morgan fingerprint density at radius 2 is 2.36 bits per heavy atom. The zero-order valence-corrected chi connectivity index (χ0v) is 8.79. The summed E-state index contributed by atoms with van der Waals surface area (Å²) in [4.78, 5) is 12.7. The lowest BCUT2D eigenvalue weighted by atomic mass is 9.87. The maximum atomic E-state index is 13.5. The van der Waals surface area contributed by atoms with Crippen LogP contribution in [-0.4, -0.2) is 41.8 Å². The van der Waals surface area contributed by atoms with Crippen LogP contribution >= 0.6 is 0 Å². The molecule has 0 saturated carbocycles. The molecule has 0 radical (unpaired) electrons. The average Bonchev–Trinajstić information content (AvgIpc) is 2.02. The highest BCUT2D eigenvalue weighted by atomic mass is 19.1. The fraction of sp³-hybridized carbons (Fsp3) is 0.900. The van der Waals surface area contributed by atoms with Gasteiger partial charge in [-0.2, -0.15) is 0 Å². The molecule has 2 atom stereocenters. The Bertz CT molecular complexity index is 218. The molecular weight excluding hydrogens is 185 g/mol. The van der Waals surface area contributed by atoms with Crippen LogP contribution in [0.25, 0.3) is 0 Å². The standard InChI is InChI=1S/C10H18FNO2/c1-10(11,9(13)14)6-8-4-3-5-12(2)7-8/h8H,3-7H2,1-2H3,(H,13,14). The number of rotatable bonds is 3. The molecule has 0 bridgehead atoms. The first-order valence-electron chi connectivity index (χ1n) is 5.02. The SMILES string of the molecule is CN1CCCC(CC(C)(F)C(=O)O)C1. The van der Waals surface area contributed by atoms with Crippen LogP contribution in [0.2, 0.25) is 0 Å². The van der Waals surface area contributed by atoms with Crippen LogP contribution < -0.4 is 0 Å². The van der Waals surface area contributed by atoms with E-state index in [4.69, 9.17) is 5.11 Å². The molecule has 14 heavy (non-hydrogen) atoms. The average molecular weight is 203 g/mol. The number of hydrogen-bond acceptors (Lipinski definition) is 2. The van der Waals surface area contributed by atoms with E-state index in [9.17, 15) is 9.18 Å². The van der Waals surface area contributed by atoms with Crippen molar-refractivity contribution in [1.29, 1.82) is 0 Å². The molecule has 0 spiro atoms. The number of halogens is 1. The first-order valence-corrected chi connectivity index (χ1v) is 5.02. The molecule has 0 aromatic carbocycles. The molecule has 1 N–H and O–H groups in total. The molecule has 4 heteroatoms. The Balaban J connectivity index is 2.47. The molecule has 1 aliphatic rings. The van der Waals surface area contributed by atoms with Gasteiger partial charge in [-0.25, -0.2) is 9.18 Å². The van der Waals surface area contributed by atoms with Gasteiger partial charge in [-0.3, -0.25) is 0 Å². The van der Waals surface area contributed by atoms with Gasteiger partial charge >= 0.3 is 5.97 Å². The molecule has 0 amide bonds. The van der Waals surface area contributed by atoms with Gasteiger partial charge in [-0.1, -0.05) is 0 Å². The molecule has 0 aromatic heterocycles. The normalized spacial score (nSPS) is 28.4. The molecule has 0 aromatic rings. The third-order valence-corrected chi connectivity index (χ3v) is 2.84. The van der Waals surface area contributed by atoms with Crippen LogP contribution in [-0.2, 0) is 4.79 Å². The van der Waals surface area contributed by atoms with E-state index < -0.39 is 11.6 Å². The second-order valence-corrected chi connectivity index (χ2v) is 4.48. The molecular formula is C10H18FNO2. The number of carbonyl (C=O) groups is 1. The van der Waals surface area contributed by atoms with E-state index in [0.717, 1.165) is 32.9 Å². The number of carboxylic acids is 1. The first kappa shape index (κ1) is 11.4. The van der Waals surface area contributed by atoms with Crippen molar-refractivity contribution in [3.63, 3.8) is 0 Å². The van der Waals surface area contributed by atoms with E-state index in [2.05, 4.69) is 4.90 Å². The van der Waals surface area contributed by atoms with Crippen molar-refractivity contribution in [3.8, 4) is 0 Å². The van der Waals surface area contributed by atoms with E-state index >= 15 is 0 Å². The fourth-order valence-electron chi connectivity index (χ4n) is 2.07. The van der Waals surface area contributed by atoms with Crippen molar-refractivity contribution in [2.45, 2.75) is 31.9 Å². The Morgan fingerprint density at radius 3 is 2.86 bits per heavy atom. The van der Waals surface area contributed by atoms with Crippen LogP contribution in [0.1, 0.15) is 26.2 Å². The zero-order valence-electron chi connectivity index (χ0n) is 8.79. The number of alkyl halides is 1. The van der Waals surface area contributed by atoms with Crippen molar-refractivity contribution in [1.82, 2.24) is 4.90 Å². The predicted molar refractivity (Wildman–Crippen MR) is 52.0 cm³/mol. The lowest BCUT2D eigenvalue weighted by molar-refractivity contribution is -0.151. The highest BCUT2D eigenvalue weighted by molar-refractivity contribution is 5.76. The van der Waals surface area contributed by atoms with Gasteiger partial charge in [0.25, 0.3) is 0 Å². The Morgan fingerprint density at radius 1 is 1.71 bits per heavy atom. The topological polar surface area (TPSA) is 40.5 Å². The third-order valence-electron chi connectivity index (χ3n) is 2.84. The minimum Gasteiger partial charge on any atom is -0.479 e. The minimum atomic E-state index is -2.07. The lowest BCUT2D eigenvalue weighted by Crippen LogP contribution is -2.39. The second kappa shape index (κ2) is 4.26. The monoisotopic (exact) mass is 203 g/mol. The fourth-order valence-corrected chi connectivity index (χ4v) is 2.07. The van der Waals surface area contributed by atoms with Crippen molar-refractivity contribution in [2.24, 2.45) is 5.92 Å². The highest BCUT2D eigenvalue weighted by Gasteiger charge is 2.36. The van der Waals surface area contributed by atoms with Crippen LogP contribution in [0.5, 0.6) is 0 Å². The smallest absolute Gasteiger partial charge is 0.341 e. The molecule has 1 heterocycles. The number of hydrogen-bond donors (Lipinski definition) is 1. The van der Waals surface area contributed by atoms with Crippen LogP contribution in [0.3, 0.4) is 0 Å². The number of carboxylic acid groups (broad SMARTS) is 1. The summed E-state index contributed by atoms with van der Waals surface area (Å²) in [5.41, 5.74) is -2.07. The van der Waals surface area contributed by atoms with Crippen LogP contribution in [0, 0.1) is 5.92 Å². The van der Waals surface area contributed by atoms with Crippen molar-refractivity contribution < 1.29 is 14.3 Å². The third kappa shape index (κ3) is 2.94. The Labute approximate surface area is 83.9 Å². The van der Waals surface area contributed by atoms with Gasteiger partial charge in [-0.15, -0.1) is 0 Å². The quantitative estimate of drug-likeness (QED) is 0.756. The summed E-state index contributed by atoms with van der Waals surface area (Å²) in [6, 6.07) is 0. The summed E-state index contributed by atoms with van der Waals surface area (Å²) in [5.74, 6) is -1.16. The largest absolute Gasteiger partial charge is 0.479 e. The summed E-state index contributed by atoms with van der Waals surface area (Å²) in [6.07, 6.45) is 2.11. The first-order chi connectivity index (χ1) is 6.42. The Kier molecular flexibility index (Phi) is 3.48. The van der Waals surface area contributed by atoms with Crippen LogP contribution in [0.4, 0.5) is 4.39 Å². The molecule has 3 nitrogen and oxygen atoms in total. The van der Waals surface area contributed by atoms with Crippen molar-refractivity contribution in [3.05, 3.63) is 0 Å². The van der Waals surface area contributed by atoms with Gasteiger partial charge in [0.15, 0.2) is 0 Å². The summed E-state index contributed by atoms with van der Waals surface area (Å²) in [7, 11) is 1.99. The zero-order chi connectivity index (χ0) is 10.8. The van der Waals surface area contributed by atoms with E-state index in [1.807, 2.05) is 7.05 Å².